The van der Waals surface area contributed by atoms with Gasteiger partial charge in [-0.05, 0) is 37.1 Å². The van der Waals surface area contributed by atoms with Crippen LogP contribution in [0.25, 0.3) is 0 Å². The third kappa shape index (κ3) is 6.11. The monoisotopic (exact) mass is 513 g/mol. The number of rotatable bonds is 8. The minimum Gasteiger partial charge on any atom is -0.455 e. The minimum absolute atomic E-state index is 0.111. The third-order valence-electron chi connectivity index (χ3n) is 6.14. The van der Waals surface area contributed by atoms with Crippen molar-refractivity contribution in [2.75, 3.05) is 49.6 Å². The summed E-state index contributed by atoms with van der Waals surface area (Å²) in [6.45, 7) is 10.3. The van der Waals surface area contributed by atoms with Crippen LogP contribution in [0.5, 0.6) is 0 Å². The van der Waals surface area contributed by atoms with Gasteiger partial charge in [0.15, 0.2) is 10.9 Å². The average Bonchev–Trinajstić information content (AvgIpc) is 3.36. The van der Waals surface area contributed by atoms with Crippen LogP contribution < -0.4 is 9.80 Å². The van der Waals surface area contributed by atoms with Crippen LogP contribution in [0.4, 0.5) is 11.5 Å². The summed E-state index contributed by atoms with van der Waals surface area (Å²) in [5.74, 6) is 2.78. The molecule has 0 spiro atoms. The summed E-state index contributed by atoms with van der Waals surface area (Å²) in [4.78, 5) is 28.2. The van der Waals surface area contributed by atoms with E-state index in [9.17, 15) is 4.79 Å². The van der Waals surface area contributed by atoms with Gasteiger partial charge in [-0.2, -0.15) is 0 Å². The SMILES string of the molecule is CCN(C)C(=O)c1ccc(CSc2nc(C(C)C)cc(N3CCN(c4ccccc4Cl)CC3)n2)o1. The summed E-state index contributed by atoms with van der Waals surface area (Å²) in [5, 5.41) is 1.50. The Bertz CT molecular complexity index is 1160. The number of para-hydroxylation sites is 1. The Labute approximate surface area is 216 Å². The fourth-order valence-electron chi connectivity index (χ4n) is 3.88. The van der Waals surface area contributed by atoms with E-state index in [1.54, 1.807) is 18.0 Å². The first-order valence-corrected chi connectivity index (χ1v) is 13.3. The molecule has 3 aromatic rings. The van der Waals surface area contributed by atoms with Crippen LogP contribution in [0.3, 0.4) is 0 Å². The lowest BCUT2D eigenvalue weighted by Gasteiger charge is -2.37. The van der Waals surface area contributed by atoms with Crippen LogP contribution in [-0.4, -0.2) is 60.5 Å². The Balaban J connectivity index is 1.44. The number of aromatic nitrogens is 2. The van der Waals surface area contributed by atoms with Crippen molar-refractivity contribution in [3.8, 4) is 0 Å². The van der Waals surface area contributed by atoms with E-state index in [-0.39, 0.29) is 11.8 Å². The molecule has 186 valence electrons. The number of nitrogens with zero attached hydrogens (tertiary/aromatic N) is 5. The molecular weight excluding hydrogens is 482 g/mol. The Morgan fingerprint density at radius 3 is 2.51 bits per heavy atom. The summed E-state index contributed by atoms with van der Waals surface area (Å²) in [6, 6.07) is 13.7. The Hall–Kier alpha value is -2.71. The van der Waals surface area contributed by atoms with Crippen molar-refractivity contribution < 1.29 is 9.21 Å². The number of benzene rings is 1. The normalized spacial score (nSPS) is 14.0. The number of carbonyl (C=O) groups excluding carboxylic acids is 1. The number of halogens is 1. The van der Waals surface area contributed by atoms with Gasteiger partial charge in [-0.25, -0.2) is 9.97 Å². The molecule has 0 aliphatic carbocycles. The first kappa shape index (κ1) is 25.4. The molecule has 3 heterocycles. The van der Waals surface area contributed by atoms with Gasteiger partial charge >= 0.3 is 0 Å². The molecule has 35 heavy (non-hydrogen) atoms. The summed E-state index contributed by atoms with van der Waals surface area (Å²) in [6.07, 6.45) is 0. The van der Waals surface area contributed by atoms with Crippen LogP contribution in [0.15, 0.2) is 52.0 Å². The van der Waals surface area contributed by atoms with Crippen molar-refractivity contribution in [1.82, 2.24) is 14.9 Å². The molecule has 4 rings (SSSR count). The quantitative estimate of drug-likeness (QED) is 0.288. The molecule has 0 unspecified atom stereocenters. The lowest BCUT2D eigenvalue weighted by Crippen LogP contribution is -2.47. The van der Waals surface area contributed by atoms with E-state index < -0.39 is 0 Å². The second-order valence-electron chi connectivity index (χ2n) is 8.89. The van der Waals surface area contributed by atoms with Crippen LogP contribution >= 0.6 is 23.4 Å². The maximum atomic E-state index is 12.3. The molecule has 0 saturated carbocycles. The highest BCUT2D eigenvalue weighted by Crippen LogP contribution is 2.29. The topological polar surface area (TPSA) is 65.7 Å². The van der Waals surface area contributed by atoms with Gasteiger partial charge in [0.2, 0.25) is 0 Å². The molecule has 1 saturated heterocycles. The number of hydrogen-bond donors (Lipinski definition) is 0. The maximum Gasteiger partial charge on any atom is 0.289 e. The van der Waals surface area contributed by atoms with Crippen molar-refractivity contribution in [2.24, 2.45) is 0 Å². The number of thioether (sulfide) groups is 1. The van der Waals surface area contributed by atoms with Gasteiger partial charge in [0.1, 0.15) is 11.6 Å². The van der Waals surface area contributed by atoms with Crippen molar-refractivity contribution in [1.29, 1.82) is 0 Å². The zero-order valence-electron chi connectivity index (χ0n) is 20.7. The van der Waals surface area contributed by atoms with E-state index in [0.29, 0.717) is 18.1 Å². The number of furan rings is 1. The first-order valence-electron chi connectivity index (χ1n) is 12.0. The molecule has 9 heteroatoms. The van der Waals surface area contributed by atoms with Crippen LogP contribution in [0, 0.1) is 0 Å². The second-order valence-corrected chi connectivity index (χ2v) is 10.2. The van der Waals surface area contributed by atoms with Crippen molar-refractivity contribution in [2.45, 2.75) is 37.6 Å². The van der Waals surface area contributed by atoms with E-state index in [1.165, 1.54) is 11.8 Å². The smallest absolute Gasteiger partial charge is 0.289 e. The average molecular weight is 514 g/mol. The van der Waals surface area contributed by atoms with Crippen molar-refractivity contribution in [3.05, 3.63) is 64.7 Å². The first-order chi connectivity index (χ1) is 16.9. The number of piperazine rings is 1. The molecule has 2 aromatic heterocycles. The predicted molar refractivity (Wildman–Crippen MR) is 143 cm³/mol. The highest BCUT2D eigenvalue weighted by Gasteiger charge is 2.22. The van der Waals surface area contributed by atoms with Crippen LogP contribution in [0.2, 0.25) is 5.02 Å². The molecule has 1 aliphatic rings. The molecule has 1 amide bonds. The molecule has 0 atom stereocenters. The predicted octanol–water partition coefficient (Wildman–Crippen LogP) is 5.56. The molecule has 1 aliphatic heterocycles. The fourth-order valence-corrected chi connectivity index (χ4v) is 4.88. The molecule has 1 aromatic carbocycles. The largest absolute Gasteiger partial charge is 0.455 e. The van der Waals surface area contributed by atoms with Gasteiger partial charge in [0.25, 0.3) is 5.91 Å². The molecule has 7 nitrogen and oxygen atoms in total. The highest BCUT2D eigenvalue weighted by molar-refractivity contribution is 7.98. The molecule has 0 N–H and O–H groups in total. The van der Waals surface area contributed by atoms with E-state index in [1.807, 2.05) is 31.2 Å². The second kappa shape index (κ2) is 11.4. The van der Waals surface area contributed by atoms with Gasteiger partial charge in [-0.1, -0.05) is 49.3 Å². The Morgan fingerprint density at radius 2 is 1.83 bits per heavy atom. The lowest BCUT2D eigenvalue weighted by atomic mass is 10.1. The van der Waals surface area contributed by atoms with Crippen molar-refractivity contribution >= 4 is 40.8 Å². The van der Waals surface area contributed by atoms with Gasteiger partial charge in [-0.3, -0.25) is 4.79 Å². The van der Waals surface area contributed by atoms with E-state index in [0.717, 1.165) is 59.3 Å². The molecule has 1 fully saturated rings. The van der Waals surface area contributed by atoms with E-state index in [2.05, 4.69) is 35.8 Å². The van der Waals surface area contributed by atoms with Gasteiger partial charge in [0.05, 0.1) is 16.5 Å². The van der Waals surface area contributed by atoms with Crippen LogP contribution in [0.1, 0.15) is 48.7 Å². The Morgan fingerprint density at radius 1 is 1.11 bits per heavy atom. The number of anilines is 2. The van der Waals surface area contributed by atoms with Gasteiger partial charge in [-0.15, -0.1) is 0 Å². The standard InChI is InChI=1S/C26H32ClN5O2S/c1-5-30(4)25(33)23-11-10-19(34-23)17-35-26-28-21(18(2)3)16-24(29-26)32-14-12-31(13-15-32)22-9-7-6-8-20(22)27/h6-11,16,18H,5,12-15,17H2,1-4H3. The summed E-state index contributed by atoms with van der Waals surface area (Å²) >= 11 is 7.93. The molecular formula is C26H32ClN5O2S. The van der Waals surface area contributed by atoms with Crippen molar-refractivity contribution in [3.63, 3.8) is 0 Å². The zero-order chi connectivity index (χ0) is 24.9. The van der Waals surface area contributed by atoms with E-state index >= 15 is 0 Å². The summed E-state index contributed by atoms with van der Waals surface area (Å²) < 4.78 is 5.78. The number of carbonyl (C=O) groups is 1. The minimum atomic E-state index is -0.111. The number of amides is 1. The van der Waals surface area contributed by atoms with Crippen LogP contribution in [-0.2, 0) is 5.75 Å². The number of hydrogen-bond acceptors (Lipinski definition) is 7. The molecule has 0 radical (unpaired) electrons. The zero-order valence-corrected chi connectivity index (χ0v) is 22.3. The lowest BCUT2D eigenvalue weighted by molar-refractivity contribution is 0.0769. The third-order valence-corrected chi connectivity index (χ3v) is 7.33. The fraction of sp³-hybridized carbons (Fsp3) is 0.423. The Kier molecular flexibility index (Phi) is 8.23. The summed E-state index contributed by atoms with van der Waals surface area (Å²) in [7, 11) is 1.76. The molecule has 0 bridgehead atoms. The summed E-state index contributed by atoms with van der Waals surface area (Å²) in [5.41, 5.74) is 2.10. The van der Waals surface area contributed by atoms with Gasteiger partial charge < -0.3 is 19.1 Å². The maximum absolute atomic E-state index is 12.3. The highest BCUT2D eigenvalue weighted by atomic mass is 35.5. The van der Waals surface area contributed by atoms with Gasteiger partial charge in [0, 0.05) is 51.5 Å². The van der Waals surface area contributed by atoms with E-state index in [4.69, 9.17) is 26.0 Å².